The van der Waals surface area contributed by atoms with Crippen molar-refractivity contribution in [2.45, 2.75) is 6.04 Å². The number of rotatable bonds is 4. The SMILES string of the molecule is CN(C)C(=O)[C@H](c1ccccc1)N1CCN(S(C)(=O)=O)CC1. The summed E-state index contributed by atoms with van der Waals surface area (Å²) < 4.78 is 24.7. The van der Waals surface area contributed by atoms with Crippen LogP contribution in [0.5, 0.6) is 0 Å². The van der Waals surface area contributed by atoms with E-state index in [2.05, 4.69) is 4.90 Å². The van der Waals surface area contributed by atoms with E-state index >= 15 is 0 Å². The zero-order valence-corrected chi connectivity index (χ0v) is 14.1. The molecule has 1 aromatic rings. The molecule has 1 atom stereocenters. The molecule has 0 saturated carbocycles. The van der Waals surface area contributed by atoms with Crippen LogP contribution in [0.15, 0.2) is 30.3 Å². The van der Waals surface area contributed by atoms with Gasteiger partial charge in [-0.05, 0) is 5.56 Å². The predicted molar refractivity (Wildman–Crippen MR) is 85.9 cm³/mol. The number of piperazine rings is 1. The van der Waals surface area contributed by atoms with Crippen molar-refractivity contribution in [3.8, 4) is 0 Å². The van der Waals surface area contributed by atoms with Crippen molar-refractivity contribution in [3.05, 3.63) is 35.9 Å². The Labute approximate surface area is 132 Å². The Bertz CT molecular complexity index is 608. The molecule has 0 N–H and O–H groups in total. The number of hydrogen-bond donors (Lipinski definition) is 0. The lowest BCUT2D eigenvalue weighted by Gasteiger charge is -2.38. The molecule has 1 aliphatic rings. The minimum absolute atomic E-state index is 0.0130. The summed E-state index contributed by atoms with van der Waals surface area (Å²) in [6, 6.07) is 9.26. The van der Waals surface area contributed by atoms with Crippen LogP contribution >= 0.6 is 0 Å². The minimum atomic E-state index is -3.16. The van der Waals surface area contributed by atoms with E-state index in [1.807, 2.05) is 30.3 Å². The third kappa shape index (κ3) is 3.85. The lowest BCUT2D eigenvalue weighted by atomic mass is 10.0. The van der Waals surface area contributed by atoms with E-state index in [0.717, 1.165) is 5.56 Å². The highest BCUT2D eigenvalue weighted by molar-refractivity contribution is 7.88. The Kier molecular flexibility index (Phi) is 5.20. The molecule has 0 bridgehead atoms. The average molecular weight is 325 g/mol. The van der Waals surface area contributed by atoms with E-state index in [0.29, 0.717) is 26.2 Å². The summed E-state index contributed by atoms with van der Waals surface area (Å²) in [7, 11) is 0.317. The summed E-state index contributed by atoms with van der Waals surface area (Å²) in [5.74, 6) is 0.0130. The van der Waals surface area contributed by atoms with E-state index in [-0.39, 0.29) is 11.9 Å². The molecule has 1 aliphatic heterocycles. The molecular formula is C15H23N3O3S. The van der Waals surface area contributed by atoms with E-state index in [1.54, 1.807) is 19.0 Å². The quantitative estimate of drug-likeness (QED) is 0.804. The van der Waals surface area contributed by atoms with Crippen LogP contribution in [0.2, 0.25) is 0 Å². The van der Waals surface area contributed by atoms with Gasteiger partial charge in [0.2, 0.25) is 15.9 Å². The van der Waals surface area contributed by atoms with Gasteiger partial charge in [-0.1, -0.05) is 30.3 Å². The fraction of sp³-hybridized carbons (Fsp3) is 0.533. The molecular weight excluding hydrogens is 302 g/mol. The van der Waals surface area contributed by atoms with Crippen LogP contribution in [0.1, 0.15) is 11.6 Å². The monoisotopic (exact) mass is 325 g/mol. The van der Waals surface area contributed by atoms with Gasteiger partial charge in [0.25, 0.3) is 0 Å². The van der Waals surface area contributed by atoms with Crippen molar-refractivity contribution < 1.29 is 13.2 Å². The smallest absolute Gasteiger partial charge is 0.244 e. The lowest BCUT2D eigenvalue weighted by molar-refractivity contribution is -0.135. The second-order valence-corrected chi connectivity index (χ2v) is 7.73. The van der Waals surface area contributed by atoms with Gasteiger partial charge >= 0.3 is 0 Å². The maximum Gasteiger partial charge on any atom is 0.244 e. The molecule has 1 amide bonds. The summed E-state index contributed by atoms with van der Waals surface area (Å²) in [5, 5.41) is 0. The van der Waals surface area contributed by atoms with Gasteiger partial charge in [0, 0.05) is 40.3 Å². The van der Waals surface area contributed by atoms with Gasteiger partial charge in [0.1, 0.15) is 6.04 Å². The fourth-order valence-corrected chi connectivity index (χ4v) is 3.51. The second kappa shape index (κ2) is 6.76. The summed E-state index contributed by atoms with van der Waals surface area (Å²) in [4.78, 5) is 16.2. The van der Waals surface area contributed by atoms with Crippen LogP contribution in [0.4, 0.5) is 0 Å². The molecule has 122 valence electrons. The van der Waals surface area contributed by atoms with Gasteiger partial charge in [-0.15, -0.1) is 0 Å². The Balaban J connectivity index is 2.20. The number of sulfonamides is 1. The third-order valence-corrected chi connectivity index (χ3v) is 5.20. The standard InChI is InChI=1S/C15H23N3O3S/c1-16(2)15(19)14(13-7-5-4-6-8-13)17-9-11-18(12-10-17)22(3,20)21/h4-8,14H,9-12H2,1-3H3/t14-/m0/s1. The van der Waals surface area contributed by atoms with Crippen molar-refractivity contribution in [2.24, 2.45) is 0 Å². The largest absolute Gasteiger partial charge is 0.347 e. The summed E-state index contributed by atoms with van der Waals surface area (Å²) in [6.07, 6.45) is 1.22. The highest BCUT2D eigenvalue weighted by atomic mass is 32.2. The average Bonchev–Trinajstić information content (AvgIpc) is 2.48. The van der Waals surface area contributed by atoms with Gasteiger partial charge in [-0.25, -0.2) is 8.42 Å². The Morgan fingerprint density at radius 2 is 1.64 bits per heavy atom. The van der Waals surface area contributed by atoms with Crippen molar-refractivity contribution in [2.75, 3.05) is 46.5 Å². The topological polar surface area (TPSA) is 60.9 Å². The maximum absolute atomic E-state index is 12.6. The molecule has 0 aliphatic carbocycles. The predicted octanol–water partition coefficient (Wildman–Crippen LogP) is 0.393. The molecule has 1 heterocycles. The Hall–Kier alpha value is -1.44. The normalized spacial score (nSPS) is 18.9. The first-order valence-electron chi connectivity index (χ1n) is 7.26. The third-order valence-electron chi connectivity index (χ3n) is 3.90. The number of carbonyl (C=O) groups excluding carboxylic acids is 1. The molecule has 1 fully saturated rings. The van der Waals surface area contributed by atoms with Crippen LogP contribution in [0.3, 0.4) is 0 Å². The van der Waals surface area contributed by atoms with Gasteiger partial charge in [0.05, 0.1) is 6.26 Å². The van der Waals surface area contributed by atoms with Crippen molar-refractivity contribution in [1.29, 1.82) is 0 Å². The number of benzene rings is 1. The van der Waals surface area contributed by atoms with E-state index in [1.165, 1.54) is 10.6 Å². The zero-order chi connectivity index (χ0) is 16.3. The fourth-order valence-electron chi connectivity index (χ4n) is 2.68. The van der Waals surface area contributed by atoms with Crippen LogP contribution in [-0.2, 0) is 14.8 Å². The van der Waals surface area contributed by atoms with Gasteiger partial charge in [-0.3, -0.25) is 9.69 Å². The molecule has 0 aromatic heterocycles. The maximum atomic E-state index is 12.6. The van der Waals surface area contributed by atoms with Crippen LogP contribution in [0.25, 0.3) is 0 Å². The Morgan fingerprint density at radius 3 is 2.09 bits per heavy atom. The van der Waals surface area contributed by atoms with E-state index in [9.17, 15) is 13.2 Å². The molecule has 2 rings (SSSR count). The van der Waals surface area contributed by atoms with Crippen LogP contribution in [0, 0.1) is 0 Å². The number of nitrogens with zero attached hydrogens (tertiary/aromatic N) is 3. The second-order valence-electron chi connectivity index (χ2n) is 5.74. The molecule has 22 heavy (non-hydrogen) atoms. The highest BCUT2D eigenvalue weighted by Crippen LogP contribution is 2.24. The first kappa shape index (κ1) is 16.9. The van der Waals surface area contributed by atoms with Gasteiger partial charge in [0.15, 0.2) is 0 Å². The summed E-state index contributed by atoms with van der Waals surface area (Å²) in [5.41, 5.74) is 0.939. The molecule has 1 aromatic carbocycles. The molecule has 0 spiro atoms. The first-order chi connectivity index (χ1) is 10.3. The molecule has 7 heteroatoms. The molecule has 1 saturated heterocycles. The van der Waals surface area contributed by atoms with Gasteiger partial charge < -0.3 is 4.90 Å². The van der Waals surface area contributed by atoms with Crippen molar-refractivity contribution in [3.63, 3.8) is 0 Å². The number of carbonyl (C=O) groups is 1. The minimum Gasteiger partial charge on any atom is -0.347 e. The van der Waals surface area contributed by atoms with E-state index in [4.69, 9.17) is 0 Å². The van der Waals surface area contributed by atoms with Crippen LogP contribution in [-0.4, -0.2) is 75.0 Å². The lowest BCUT2D eigenvalue weighted by Crippen LogP contribution is -2.52. The zero-order valence-electron chi connectivity index (χ0n) is 13.3. The van der Waals surface area contributed by atoms with Crippen molar-refractivity contribution in [1.82, 2.24) is 14.1 Å². The molecule has 0 unspecified atom stereocenters. The van der Waals surface area contributed by atoms with Crippen molar-refractivity contribution >= 4 is 15.9 Å². The number of likely N-dealkylation sites (N-methyl/N-ethyl adjacent to an activating group) is 1. The van der Waals surface area contributed by atoms with Gasteiger partial charge in [-0.2, -0.15) is 4.31 Å². The van der Waals surface area contributed by atoms with E-state index < -0.39 is 10.0 Å². The molecule has 0 radical (unpaired) electrons. The summed E-state index contributed by atoms with van der Waals surface area (Å²) >= 11 is 0. The summed E-state index contributed by atoms with van der Waals surface area (Å²) in [6.45, 7) is 1.93. The first-order valence-corrected chi connectivity index (χ1v) is 9.11. The highest BCUT2D eigenvalue weighted by Gasteiger charge is 2.33. The number of amides is 1. The number of hydrogen-bond acceptors (Lipinski definition) is 4. The molecule has 6 nitrogen and oxygen atoms in total. The Morgan fingerprint density at radius 1 is 1.09 bits per heavy atom. The van der Waals surface area contributed by atoms with Crippen LogP contribution < -0.4 is 0 Å².